The van der Waals surface area contributed by atoms with Crippen LogP contribution >= 0.6 is 0 Å². The fourth-order valence-corrected chi connectivity index (χ4v) is 0. The molecule has 0 aromatic carbocycles. The second-order valence-electron chi connectivity index (χ2n) is 0. The monoisotopic (exact) mass is 174 g/mol. The summed E-state index contributed by atoms with van der Waals surface area (Å²) in [6, 6.07) is 0. The van der Waals surface area contributed by atoms with Crippen LogP contribution in [0.15, 0.2) is 0 Å². The molecule has 0 aliphatic carbocycles. The van der Waals surface area contributed by atoms with Gasteiger partial charge in [0.25, 0.3) is 0 Å². The van der Waals surface area contributed by atoms with Gasteiger partial charge in [0, 0.05) is 0 Å². The Morgan fingerprint density at radius 3 is 0.750 bits per heavy atom. The van der Waals surface area contributed by atoms with Gasteiger partial charge in [-0.2, -0.15) is 0 Å². The van der Waals surface area contributed by atoms with Crippen molar-refractivity contribution in [2.45, 2.75) is 0 Å². The maximum absolute atomic E-state index is 0. The summed E-state index contributed by atoms with van der Waals surface area (Å²) in [4.78, 5) is 0. The molecule has 34 valence electrons. The smallest absolute Gasteiger partial charge is 2.00 e. The molecule has 0 aliphatic heterocycles. The van der Waals surface area contributed by atoms with Crippen LogP contribution < -0.4 is 0 Å². The molecule has 0 N–H and O–H groups in total. The molecule has 0 rings (SSSR count). The van der Waals surface area contributed by atoms with Gasteiger partial charge in [0.1, 0.15) is 0 Å². The molecule has 1 nitrogen and oxygen atoms in total. The molecule has 0 unspecified atom stereocenters. The predicted molar refractivity (Wildman–Crippen MR) is 8.05 cm³/mol. The minimum atomic E-state index is 0. The predicted octanol–water partition coefficient (Wildman–Crippen LogP) is -0.126. The molecule has 0 bridgehead atoms. The van der Waals surface area contributed by atoms with Gasteiger partial charge >= 0.3 is 34.1 Å². The van der Waals surface area contributed by atoms with Crippen molar-refractivity contribution in [3.8, 4) is 0 Å². The van der Waals surface area contributed by atoms with Crippen LogP contribution in [0.2, 0.25) is 0 Å². The molecular weight excluding hydrogens is 175 g/mol. The Balaban J connectivity index is 0. The van der Waals surface area contributed by atoms with Crippen LogP contribution in [0.25, 0.3) is 0 Å². The van der Waals surface area contributed by atoms with Crippen molar-refractivity contribution in [2.24, 2.45) is 0 Å². The van der Waals surface area contributed by atoms with E-state index in [0.29, 0.717) is 0 Å². The largest absolute Gasteiger partial charge is 2.00 e. The Bertz CT molecular complexity index is 6.00. The van der Waals surface area contributed by atoms with Gasteiger partial charge in [-0.15, -0.1) is 0 Å². The average Bonchev–Trinajstić information content (AvgIpc) is 0. The van der Waals surface area contributed by atoms with E-state index in [0.717, 1.165) is 0 Å². The van der Waals surface area contributed by atoms with Gasteiger partial charge in [0.05, 0.1) is 0 Å². The van der Waals surface area contributed by atoms with Crippen molar-refractivity contribution in [3.63, 3.8) is 0 Å². The second kappa shape index (κ2) is 26.8. The Morgan fingerprint density at radius 1 is 0.750 bits per heavy atom. The standard InChI is InChI=1S/2Cu.O.S/q2*+2;2*-2. The van der Waals surface area contributed by atoms with Crippen molar-refractivity contribution < 1.29 is 39.6 Å². The van der Waals surface area contributed by atoms with Crippen LogP contribution in [-0.4, -0.2) is 0 Å². The molecule has 0 spiro atoms. The summed E-state index contributed by atoms with van der Waals surface area (Å²) in [6.45, 7) is 0. The molecule has 0 amide bonds. The van der Waals surface area contributed by atoms with E-state index in [4.69, 9.17) is 0 Å². The zero-order chi connectivity index (χ0) is 0. The van der Waals surface area contributed by atoms with Crippen LogP contribution in [0, 0.1) is 0 Å². The van der Waals surface area contributed by atoms with E-state index in [1.165, 1.54) is 0 Å². The summed E-state index contributed by atoms with van der Waals surface area (Å²) >= 11 is 0. The first-order chi connectivity index (χ1) is 0. The summed E-state index contributed by atoms with van der Waals surface area (Å²) in [5.74, 6) is 0. The average molecular weight is 175 g/mol. The minimum Gasteiger partial charge on any atom is -2.00 e. The third-order valence-corrected chi connectivity index (χ3v) is 0. The van der Waals surface area contributed by atoms with E-state index >= 15 is 0 Å². The van der Waals surface area contributed by atoms with E-state index in [1.54, 1.807) is 0 Å². The minimum absolute atomic E-state index is 0. The van der Waals surface area contributed by atoms with Crippen molar-refractivity contribution in [2.75, 3.05) is 0 Å². The first kappa shape index (κ1) is 55.6. The van der Waals surface area contributed by atoms with Crippen LogP contribution in [0.4, 0.5) is 0 Å². The molecule has 2 radical (unpaired) electrons. The molecule has 0 aliphatic rings. The van der Waals surface area contributed by atoms with Crippen LogP contribution in [-0.2, 0) is 53.1 Å². The van der Waals surface area contributed by atoms with Gasteiger partial charge in [-0.3, -0.25) is 0 Å². The van der Waals surface area contributed by atoms with Crippen LogP contribution in [0.1, 0.15) is 0 Å². The zero-order valence-corrected chi connectivity index (χ0v) is 4.12. The first-order valence-corrected chi connectivity index (χ1v) is 0. The number of hydrogen-bond donors (Lipinski definition) is 0. The van der Waals surface area contributed by atoms with Crippen LogP contribution in [0.3, 0.4) is 0 Å². The Labute approximate surface area is 53.2 Å². The molecule has 0 saturated heterocycles. The van der Waals surface area contributed by atoms with Gasteiger partial charge in [0.15, 0.2) is 0 Å². The molecule has 0 heterocycles. The SMILES string of the molecule is [Cu+2].[Cu+2].[O-2].[S-2]. The van der Waals surface area contributed by atoms with E-state index in [9.17, 15) is 0 Å². The van der Waals surface area contributed by atoms with E-state index in [-0.39, 0.29) is 53.1 Å². The molecule has 0 fully saturated rings. The van der Waals surface area contributed by atoms with Crippen molar-refractivity contribution in [1.82, 2.24) is 0 Å². The number of hydrogen-bond acceptors (Lipinski definition) is 0. The summed E-state index contributed by atoms with van der Waals surface area (Å²) in [5, 5.41) is 0. The van der Waals surface area contributed by atoms with Crippen molar-refractivity contribution in [3.05, 3.63) is 0 Å². The van der Waals surface area contributed by atoms with Crippen molar-refractivity contribution >= 4 is 13.5 Å². The third-order valence-electron chi connectivity index (χ3n) is 0. The summed E-state index contributed by atoms with van der Waals surface area (Å²) < 4.78 is 0. The summed E-state index contributed by atoms with van der Waals surface area (Å²) in [7, 11) is 0. The van der Waals surface area contributed by atoms with E-state index in [2.05, 4.69) is 0 Å². The van der Waals surface area contributed by atoms with Crippen LogP contribution in [0.5, 0.6) is 0 Å². The second-order valence-corrected chi connectivity index (χ2v) is 0. The summed E-state index contributed by atoms with van der Waals surface area (Å²) in [6.07, 6.45) is 0. The van der Waals surface area contributed by atoms with Gasteiger partial charge < -0.3 is 19.0 Å². The normalized spacial score (nSPS) is 0. The Hall–Kier alpha value is 1.35. The molecule has 0 saturated carbocycles. The zero-order valence-electron chi connectivity index (χ0n) is 1.42. The third kappa shape index (κ3) is 10.2. The number of rotatable bonds is 0. The molecule has 4 heteroatoms. The first-order valence-electron chi connectivity index (χ1n) is 0. The fourth-order valence-electron chi connectivity index (χ4n) is 0. The topological polar surface area (TPSA) is 28.5 Å². The Kier molecular flexibility index (Phi) is 373. The summed E-state index contributed by atoms with van der Waals surface area (Å²) in [5.41, 5.74) is 0. The fraction of sp³-hybridized carbons (Fsp3) is 0. The van der Waals surface area contributed by atoms with Gasteiger partial charge in [0.2, 0.25) is 0 Å². The maximum atomic E-state index is 0. The maximum Gasteiger partial charge on any atom is 2.00 e. The Morgan fingerprint density at radius 2 is 0.750 bits per heavy atom. The van der Waals surface area contributed by atoms with Gasteiger partial charge in [-0.1, -0.05) is 0 Å². The van der Waals surface area contributed by atoms with Gasteiger partial charge in [-0.05, 0) is 0 Å². The molecular formula is Cu2OS. The molecule has 0 aromatic heterocycles. The van der Waals surface area contributed by atoms with E-state index in [1.807, 2.05) is 0 Å². The molecule has 4 heavy (non-hydrogen) atoms. The molecule has 0 aromatic rings. The molecule has 0 atom stereocenters. The van der Waals surface area contributed by atoms with Gasteiger partial charge in [-0.25, -0.2) is 0 Å². The quantitative estimate of drug-likeness (QED) is 0.459. The van der Waals surface area contributed by atoms with Crippen molar-refractivity contribution in [1.29, 1.82) is 0 Å². The van der Waals surface area contributed by atoms with E-state index < -0.39 is 0 Å².